The van der Waals surface area contributed by atoms with Gasteiger partial charge in [0.15, 0.2) is 5.54 Å². The number of hydrogen-bond donors (Lipinski definition) is 1. The maximum Gasteiger partial charge on any atom is 0.304 e. The molecule has 0 aromatic heterocycles. The van der Waals surface area contributed by atoms with Crippen molar-refractivity contribution < 1.29 is 22.6 Å². The predicted octanol–water partition coefficient (Wildman–Crippen LogP) is 3.74. The minimum absolute atomic E-state index is 0.0754. The molecular weight excluding hydrogens is 345 g/mol. The van der Waals surface area contributed by atoms with Crippen LogP contribution in [0.3, 0.4) is 0 Å². The van der Waals surface area contributed by atoms with Gasteiger partial charge in [-0.05, 0) is 57.2 Å². The summed E-state index contributed by atoms with van der Waals surface area (Å²) >= 11 is 0. The number of nitrogens with two attached hydrogens (primary N) is 1. The third-order valence-corrected chi connectivity index (χ3v) is 5.52. The first kappa shape index (κ1) is 19.2. The van der Waals surface area contributed by atoms with E-state index < -0.39 is 22.9 Å². The summed E-state index contributed by atoms with van der Waals surface area (Å²) in [7, 11) is 0. The number of amidine groups is 1. The van der Waals surface area contributed by atoms with E-state index in [0.717, 1.165) is 18.4 Å². The zero-order valence-electron chi connectivity index (χ0n) is 15.3. The van der Waals surface area contributed by atoms with Crippen LogP contribution in [-0.4, -0.2) is 37.2 Å². The van der Waals surface area contributed by atoms with Crippen LogP contribution in [0.5, 0.6) is 0 Å². The van der Waals surface area contributed by atoms with Gasteiger partial charge in [0, 0.05) is 18.8 Å². The Kier molecular flexibility index (Phi) is 4.82. The van der Waals surface area contributed by atoms with Crippen molar-refractivity contribution in [2.24, 2.45) is 10.7 Å². The summed E-state index contributed by atoms with van der Waals surface area (Å²) in [6.07, 6.45) is 1.55. The van der Waals surface area contributed by atoms with Crippen LogP contribution in [0.4, 0.5) is 13.2 Å². The molecule has 0 bridgehead atoms. The van der Waals surface area contributed by atoms with Crippen LogP contribution in [0.1, 0.15) is 50.7 Å². The molecule has 0 unspecified atom stereocenters. The summed E-state index contributed by atoms with van der Waals surface area (Å²) in [6, 6.07) is 4.41. The van der Waals surface area contributed by atoms with Crippen LogP contribution in [0, 0.1) is 5.82 Å². The lowest BCUT2D eigenvalue weighted by molar-refractivity contribution is -0.214. The topological polar surface area (TPSA) is 56.8 Å². The molecule has 144 valence electrons. The first-order valence-corrected chi connectivity index (χ1v) is 8.82. The number of rotatable bonds is 2. The van der Waals surface area contributed by atoms with E-state index in [1.54, 1.807) is 6.07 Å². The van der Waals surface area contributed by atoms with Gasteiger partial charge in [-0.1, -0.05) is 6.07 Å². The van der Waals surface area contributed by atoms with Crippen molar-refractivity contribution >= 4 is 5.84 Å². The zero-order valence-corrected chi connectivity index (χ0v) is 15.3. The maximum absolute atomic E-state index is 15.4. The Labute approximate surface area is 151 Å². The lowest BCUT2D eigenvalue weighted by Crippen LogP contribution is -2.56. The van der Waals surface area contributed by atoms with E-state index in [1.807, 2.05) is 0 Å². The van der Waals surface area contributed by atoms with Crippen molar-refractivity contribution in [3.8, 4) is 0 Å². The number of halogens is 3. The molecule has 0 amide bonds. The van der Waals surface area contributed by atoms with Crippen LogP contribution in [-0.2, 0) is 15.0 Å². The summed E-state index contributed by atoms with van der Waals surface area (Å²) in [5.41, 5.74) is 2.41. The summed E-state index contributed by atoms with van der Waals surface area (Å²) in [6.45, 7) is 4.77. The van der Waals surface area contributed by atoms with E-state index in [0.29, 0.717) is 13.2 Å². The minimum atomic E-state index is -3.48. The molecular formula is C19H25F3N2O2. The molecule has 7 heteroatoms. The molecule has 0 aliphatic carbocycles. The van der Waals surface area contributed by atoms with E-state index in [1.165, 1.54) is 32.9 Å². The van der Waals surface area contributed by atoms with Gasteiger partial charge in [0.25, 0.3) is 0 Å². The van der Waals surface area contributed by atoms with Crippen molar-refractivity contribution in [3.63, 3.8) is 0 Å². The van der Waals surface area contributed by atoms with Gasteiger partial charge in [0.05, 0.1) is 0 Å². The smallest absolute Gasteiger partial charge is 0.304 e. The Morgan fingerprint density at radius 2 is 1.81 bits per heavy atom. The number of alkyl halides is 2. The van der Waals surface area contributed by atoms with Gasteiger partial charge in [0.1, 0.15) is 23.9 Å². The molecule has 1 saturated heterocycles. The lowest BCUT2D eigenvalue weighted by Gasteiger charge is -2.42. The molecule has 2 heterocycles. The number of nitrogens with zero attached hydrogens (tertiary/aromatic N) is 1. The van der Waals surface area contributed by atoms with E-state index in [4.69, 9.17) is 15.2 Å². The van der Waals surface area contributed by atoms with Crippen molar-refractivity contribution in [1.82, 2.24) is 0 Å². The van der Waals surface area contributed by atoms with E-state index >= 15 is 8.78 Å². The van der Waals surface area contributed by atoms with Gasteiger partial charge < -0.3 is 15.2 Å². The van der Waals surface area contributed by atoms with Gasteiger partial charge in [-0.15, -0.1) is 0 Å². The Hall–Kier alpha value is -1.60. The van der Waals surface area contributed by atoms with Gasteiger partial charge in [0.2, 0.25) is 0 Å². The third kappa shape index (κ3) is 3.01. The average Bonchev–Trinajstić information content (AvgIpc) is 2.66. The quantitative estimate of drug-likeness (QED) is 0.863. The number of benzene rings is 1. The zero-order chi connectivity index (χ0) is 19.2. The Morgan fingerprint density at radius 1 is 1.15 bits per heavy atom. The van der Waals surface area contributed by atoms with Gasteiger partial charge in [-0.3, -0.25) is 4.99 Å². The molecule has 3 rings (SSSR count). The summed E-state index contributed by atoms with van der Waals surface area (Å²) in [5.74, 6) is -4.13. The lowest BCUT2D eigenvalue weighted by atomic mass is 9.77. The fourth-order valence-electron chi connectivity index (χ4n) is 3.75. The summed E-state index contributed by atoms with van der Waals surface area (Å²) in [4.78, 5) is 4.03. The second kappa shape index (κ2) is 6.53. The van der Waals surface area contributed by atoms with Crippen LogP contribution in [0.15, 0.2) is 23.2 Å². The second-order valence-electron chi connectivity index (χ2n) is 7.67. The second-order valence-corrected chi connectivity index (χ2v) is 7.67. The highest BCUT2D eigenvalue weighted by Crippen LogP contribution is 2.51. The van der Waals surface area contributed by atoms with E-state index in [9.17, 15) is 4.39 Å². The van der Waals surface area contributed by atoms with Crippen LogP contribution < -0.4 is 5.73 Å². The normalized spacial score (nSPS) is 29.1. The highest BCUT2D eigenvalue weighted by Gasteiger charge is 2.63. The molecule has 1 aromatic carbocycles. The highest BCUT2D eigenvalue weighted by molar-refractivity contribution is 5.82. The molecule has 0 saturated carbocycles. The molecule has 0 radical (unpaired) electrons. The molecule has 4 nitrogen and oxygen atoms in total. The number of aliphatic imine (C=N–C) groups is 1. The molecule has 1 atom stereocenters. The molecule has 2 N–H and O–H groups in total. The van der Waals surface area contributed by atoms with E-state index in [-0.39, 0.29) is 23.9 Å². The predicted molar refractivity (Wildman–Crippen MR) is 93.1 cm³/mol. The van der Waals surface area contributed by atoms with Gasteiger partial charge in [-0.25, -0.2) is 13.2 Å². The summed E-state index contributed by atoms with van der Waals surface area (Å²) in [5, 5.41) is 0. The van der Waals surface area contributed by atoms with Gasteiger partial charge >= 0.3 is 5.92 Å². The molecule has 2 aliphatic rings. The first-order chi connectivity index (χ1) is 12.1. The van der Waals surface area contributed by atoms with Crippen molar-refractivity contribution in [2.45, 2.75) is 56.6 Å². The Bertz CT molecular complexity index is 715. The first-order valence-electron chi connectivity index (χ1n) is 8.82. The number of ether oxygens (including phenoxy) is 2. The third-order valence-electron chi connectivity index (χ3n) is 5.52. The van der Waals surface area contributed by atoms with Crippen LogP contribution in [0.2, 0.25) is 0 Å². The molecule has 2 aliphatic heterocycles. The molecule has 26 heavy (non-hydrogen) atoms. The summed E-state index contributed by atoms with van der Waals surface area (Å²) < 4.78 is 56.2. The van der Waals surface area contributed by atoms with Gasteiger partial charge in [-0.2, -0.15) is 0 Å². The largest absolute Gasteiger partial charge is 0.385 e. The highest BCUT2D eigenvalue weighted by atomic mass is 19.3. The average molecular weight is 370 g/mol. The Balaban J connectivity index is 2.13. The number of hydrogen-bond acceptors (Lipinski definition) is 4. The van der Waals surface area contributed by atoms with Crippen molar-refractivity contribution in [3.05, 3.63) is 35.1 Å². The fraction of sp³-hybridized carbons (Fsp3) is 0.632. The SMILES string of the molecule is CC1(C)OCC(N)=N[C@](C)(c2cc(C3CCOCC3)ccc2F)C1(F)F. The van der Waals surface area contributed by atoms with E-state index in [2.05, 4.69) is 4.99 Å². The van der Waals surface area contributed by atoms with Crippen molar-refractivity contribution in [1.29, 1.82) is 0 Å². The van der Waals surface area contributed by atoms with Crippen LogP contribution in [0.25, 0.3) is 0 Å². The molecule has 0 spiro atoms. The molecule has 1 aromatic rings. The monoisotopic (exact) mass is 370 g/mol. The van der Waals surface area contributed by atoms with Crippen LogP contribution >= 0.6 is 0 Å². The van der Waals surface area contributed by atoms with Crippen molar-refractivity contribution in [2.75, 3.05) is 19.8 Å². The Morgan fingerprint density at radius 3 is 2.46 bits per heavy atom. The maximum atomic E-state index is 15.4. The molecule has 1 fully saturated rings. The standard InChI is InChI=1S/C19H25F3N2O2/c1-17(2)19(21,22)18(3,24-16(23)11-26-17)14-10-13(4-5-15(14)20)12-6-8-25-9-7-12/h4-5,10,12H,6-9,11H2,1-3H3,(H2,23,24)/t18-/m1/s1. The minimum Gasteiger partial charge on any atom is -0.385 e. The fourth-order valence-corrected chi connectivity index (χ4v) is 3.75.